The molecule has 0 spiro atoms. The predicted octanol–water partition coefficient (Wildman–Crippen LogP) is 1.48. The first-order chi connectivity index (χ1) is 8.22. The van der Waals surface area contributed by atoms with Gasteiger partial charge >= 0.3 is 0 Å². The van der Waals surface area contributed by atoms with Crippen LogP contribution in [0.1, 0.15) is 19.4 Å². The molecule has 0 bridgehead atoms. The van der Waals surface area contributed by atoms with E-state index in [1.807, 2.05) is 12.1 Å². The number of piperazine rings is 1. The van der Waals surface area contributed by atoms with Gasteiger partial charge in [-0.2, -0.15) is 5.26 Å². The van der Waals surface area contributed by atoms with E-state index in [9.17, 15) is 0 Å². The van der Waals surface area contributed by atoms with E-state index in [0.29, 0.717) is 11.6 Å². The molecule has 1 fully saturated rings. The largest absolute Gasteiger partial charge is 0.353 e. The maximum absolute atomic E-state index is 9.06. The molecule has 1 aromatic heterocycles. The van der Waals surface area contributed by atoms with Crippen LogP contribution < -0.4 is 4.90 Å². The number of hydrogen-bond acceptors (Lipinski definition) is 4. The van der Waals surface area contributed by atoms with Gasteiger partial charge in [0.05, 0.1) is 5.56 Å². The normalized spacial score (nSPS) is 17.2. The number of aromatic nitrogens is 1. The molecule has 0 N–H and O–H groups in total. The highest BCUT2D eigenvalue weighted by molar-refractivity contribution is 5.53. The van der Waals surface area contributed by atoms with Gasteiger partial charge in [0.25, 0.3) is 0 Å². The second-order valence-corrected chi connectivity index (χ2v) is 4.60. The third-order valence-corrected chi connectivity index (χ3v) is 3.25. The predicted molar refractivity (Wildman–Crippen MR) is 67.9 cm³/mol. The Kier molecular flexibility index (Phi) is 3.60. The van der Waals surface area contributed by atoms with Crippen LogP contribution in [-0.4, -0.2) is 42.1 Å². The highest BCUT2D eigenvalue weighted by atomic mass is 15.3. The molecule has 1 aliphatic rings. The van der Waals surface area contributed by atoms with E-state index in [1.165, 1.54) is 0 Å². The number of pyridine rings is 1. The molecule has 1 saturated heterocycles. The molecule has 0 unspecified atom stereocenters. The summed E-state index contributed by atoms with van der Waals surface area (Å²) in [7, 11) is 0. The Bertz CT molecular complexity index is 414. The van der Waals surface area contributed by atoms with Crippen LogP contribution in [0.2, 0.25) is 0 Å². The van der Waals surface area contributed by atoms with E-state index in [2.05, 4.69) is 34.7 Å². The zero-order valence-electron chi connectivity index (χ0n) is 10.4. The van der Waals surface area contributed by atoms with Crippen molar-refractivity contribution >= 4 is 5.82 Å². The standard InChI is InChI=1S/C13H18N4/c1-11(2)16-6-8-17(9-7-16)13-12(10-14)4-3-5-15-13/h3-5,11H,6-9H2,1-2H3. The average Bonchev–Trinajstić information content (AvgIpc) is 2.39. The van der Waals surface area contributed by atoms with Gasteiger partial charge in [-0.15, -0.1) is 0 Å². The van der Waals surface area contributed by atoms with Gasteiger partial charge in [-0.3, -0.25) is 4.90 Å². The quantitative estimate of drug-likeness (QED) is 0.772. The molecule has 0 atom stereocenters. The second-order valence-electron chi connectivity index (χ2n) is 4.60. The van der Waals surface area contributed by atoms with Crippen molar-refractivity contribution in [3.05, 3.63) is 23.9 Å². The van der Waals surface area contributed by atoms with Gasteiger partial charge in [0.1, 0.15) is 11.9 Å². The van der Waals surface area contributed by atoms with Crippen molar-refractivity contribution in [3.63, 3.8) is 0 Å². The summed E-state index contributed by atoms with van der Waals surface area (Å²) < 4.78 is 0. The van der Waals surface area contributed by atoms with Crippen molar-refractivity contribution < 1.29 is 0 Å². The Morgan fingerprint density at radius 2 is 2.00 bits per heavy atom. The minimum Gasteiger partial charge on any atom is -0.353 e. The molecular formula is C13H18N4. The molecular weight excluding hydrogens is 212 g/mol. The minimum atomic E-state index is 0.594. The molecule has 4 heteroatoms. The van der Waals surface area contributed by atoms with Crippen LogP contribution in [0.25, 0.3) is 0 Å². The molecule has 4 nitrogen and oxygen atoms in total. The zero-order chi connectivity index (χ0) is 12.3. The first kappa shape index (κ1) is 11.9. The molecule has 0 radical (unpaired) electrons. The molecule has 17 heavy (non-hydrogen) atoms. The van der Waals surface area contributed by atoms with E-state index >= 15 is 0 Å². The van der Waals surface area contributed by atoms with Crippen LogP contribution in [-0.2, 0) is 0 Å². The van der Waals surface area contributed by atoms with Crippen LogP contribution in [0.3, 0.4) is 0 Å². The third kappa shape index (κ3) is 2.56. The molecule has 1 aliphatic heterocycles. The van der Waals surface area contributed by atoms with E-state index in [4.69, 9.17) is 5.26 Å². The van der Waals surface area contributed by atoms with E-state index in [0.717, 1.165) is 32.0 Å². The second kappa shape index (κ2) is 5.15. The Hall–Kier alpha value is -1.60. The van der Waals surface area contributed by atoms with Crippen molar-refractivity contribution in [1.82, 2.24) is 9.88 Å². The van der Waals surface area contributed by atoms with Gasteiger partial charge in [-0.1, -0.05) is 0 Å². The summed E-state index contributed by atoms with van der Waals surface area (Å²) in [4.78, 5) is 8.98. The number of hydrogen-bond donors (Lipinski definition) is 0. The Morgan fingerprint density at radius 3 is 2.59 bits per heavy atom. The Balaban J connectivity index is 2.08. The summed E-state index contributed by atoms with van der Waals surface area (Å²) in [5, 5.41) is 9.06. The number of rotatable bonds is 2. The van der Waals surface area contributed by atoms with E-state index in [1.54, 1.807) is 6.20 Å². The van der Waals surface area contributed by atoms with Crippen LogP contribution >= 0.6 is 0 Å². The minimum absolute atomic E-state index is 0.594. The Labute approximate surface area is 102 Å². The van der Waals surface area contributed by atoms with Crippen molar-refractivity contribution in [3.8, 4) is 6.07 Å². The van der Waals surface area contributed by atoms with Crippen molar-refractivity contribution in [2.24, 2.45) is 0 Å². The van der Waals surface area contributed by atoms with Crippen molar-refractivity contribution in [2.45, 2.75) is 19.9 Å². The summed E-state index contributed by atoms with van der Waals surface area (Å²) in [6.45, 7) is 8.42. The lowest BCUT2D eigenvalue weighted by Crippen LogP contribution is -2.49. The van der Waals surface area contributed by atoms with Crippen LogP contribution in [0.15, 0.2) is 18.3 Å². The summed E-state index contributed by atoms with van der Waals surface area (Å²) >= 11 is 0. The Morgan fingerprint density at radius 1 is 1.29 bits per heavy atom. The van der Waals surface area contributed by atoms with Crippen LogP contribution in [0.5, 0.6) is 0 Å². The molecule has 0 amide bonds. The van der Waals surface area contributed by atoms with Crippen molar-refractivity contribution in [1.29, 1.82) is 5.26 Å². The van der Waals surface area contributed by atoms with Gasteiger partial charge in [-0.05, 0) is 26.0 Å². The molecule has 2 rings (SSSR count). The molecule has 1 aromatic rings. The molecule has 90 valence electrons. The van der Waals surface area contributed by atoms with Gasteiger partial charge in [0, 0.05) is 38.4 Å². The summed E-state index contributed by atoms with van der Waals surface area (Å²) in [5.74, 6) is 0.832. The van der Waals surface area contributed by atoms with Crippen molar-refractivity contribution in [2.75, 3.05) is 31.1 Å². The first-order valence-electron chi connectivity index (χ1n) is 6.06. The van der Waals surface area contributed by atoms with Crippen LogP contribution in [0.4, 0.5) is 5.82 Å². The SMILES string of the molecule is CC(C)N1CCN(c2ncccc2C#N)CC1. The molecule has 0 saturated carbocycles. The number of nitriles is 1. The number of anilines is 1. The fourth-order valence-corrected chi connectivity index (χ4v) is 2.19. The summed E-state index contributed by atoms with van der Waals surface area (Å²) in [6, 6.07) is 6.45. The average molecular weight is 230 g/mol. The maximum Gasteiger partial charge on any atom is 0.146 e. The monoisotopic (exact) mass is 230 g/mol. The fraction of sp³-hybridized carbons (Fsp3) is 0.538. The van der Waals surface area contributed by atoms with Gasteiger partial charge in [0.15, 0.2) is 0 Å². The molecule has 0 aromatic carbocycles. The lowest BCUT2D eigenvalue weighted by atomic mass is 10.2. The third-order valence-electron chi connectivity index (χ3n) is 3.25. The summed E-state index contributed by atoms with van der Waals surface area (Å²) in [5.41, 5.74) is 0.672. The van der Waals surface area contributed by atoms with E-state index in [-0.39, 0.29) is 0 Å². The molecule has 2 heterocycles. The lowest BCUT2D eigenvalue weighted by molar-refractivity contribution is 0.209. The van der Waals surface area contributed by atoms with Gasteiger partial charge in [-0.25, -0.2) is 4.98 Å². The lowest BCUT2D eigenvalue weighted by Gasteiger charge is -2.37. The maximum atomic E-state index is 9.06. The molecule has 0 aliphatic carbocycles. The van der Waals surface area contributed by atoms with E-state index < -0.39 is 0 Å². The summed E-state index contributed by atoms with van der Waals surface area (Å²) in [6.07, 6.45) is 1.75. The fourth-order valence-electron chi connectivity index (χ4n) is 2.19. The number of nitrogens with zero attached hydrogens (tertiary/aromatic N) is 4. The first-order valence-corrected chi connectivity index (χ1v) is 6.06. The topological polar surface area (TPSA) is 43.2 Å². The zero-order valence-corrected chi connectivity index (χ0v) is 10.4. The van der Waals surface area contributed by atoms with Crippen LogP contribution in [0, 0.1) is 11.3 Å². The van der Waals surface area contributed by atoms with Gasteiger partial charge < -0.3 is 4.90 Å². The highest BCUT2D eigenvalue weighted by Crippen LogP contribution is 2.18. The smallest absolute Gasteiger partial charge is 0.146 e. The van der Waals surface area contributed by atoms with Gasteiger partial charge in [0.2, 0.25) is 0 Å². The highest BCUT2D eigenvalue weighted by Gasteiger charge is 2.21.